The van der Waals surface area contributed by atoms with Crippen molar-refractivity contribution in [2.24, 2.45) is 0 Å². The second-order valence-electron chi connectivity index (χ2n) is 5.76. The first-order valence-electron chi connectivity index (χ1n) is 5.56. The van der Waals surface area contributed by atoms with Gasteiger partial charge < -0.3 is 14.7 Å². The smallest absolute Gasteiger partial charge is 0.104 e. The Hall–Kier alpha value is -0.160. The monoisotopic (exact) mass is 215 g/mol. The van der Waals surface area contributed by atoms with Crippen molar-refractivity contribution in [2.45, 2.75) is 57.4 Å². The van der Waals surface area contributed by atoms with E-state index in [9.17, 15) is 5.21 Å². The lowest BCUT2D eigenvalue weighted by Gasteiger charge is -2.35. The van der Waals surface area contributed by atoms with Gasteiger partial charge in [-0.05, 0) is 34.1 Å². The predicted octanol–water partition coefficient (Wildman–Crippen LogP) is 1.42. The van der Waals surface area contributed by atoms with Crippen LogP contribution in [0.25, 0.3) is 0 Å². The summed E-state index contributed by atoms with van der Waals surface area (Å²) in [6.45, 7) is 9.56. The number of hydroxylamine groups is 2. The third-order valence-corrected chi connectivity index (χ3v) is 3.48. The normalized spacial score (nSPS) is 38.2. The summed E-state index contributed by atoms with van der Waals surface area (Å²) in [6.07, 6.45) is 1.21. The van der Waals surface area contributed by atoms with Crippen LogP contribution in [-0.4, -0.2) is 46.8 Å². The molecule has 15 heavy (non-hydrogen) atoms. The van der Waals surface area contributed by atoms with Gasteiger partial charge in [0.15, 0.2) is 0 Å². The highest BCUT2D eigenvalue weighted by molar-refractivity contribution is 5.03. The van der Waals surface area contributed by atoms with Crippen molar-refractivity contribution in [1.82, 2.24) is 5.06 Å². The van der Waals surface area contributed by atoms with E-state index in [1.807, 2.05) is 27.7 Å². The first-order valence-corrected chi connectivity index (χ1v) is 5.56. The maximum absolute atomic E-state index is 10.1. The Morgan fingerprint density at radius 1 is 1.40 bits per heavy atom. The van der Waals surface area contributed by atoms with Crippen LogP contribution in [0, 0.1) is 0 Å². The molecule has 2 aliphatic heterocycles. The number of hydrogen-bond acceptors (Lipinski definition) is 4. The molecule has 0 aromatic rings. The van der Waals surface area contributed by atoms with Crippen LogP contribution in [0.2, 0.25) is 0 Å². The topological polar surface area (TPSA) is 45.2 Å². The Labute approximate surface area is 91.1 Å². The molecule has 2 aliphatic rings. The lowest BCUT2D eigenvalue weighted by molar-refractivity contribution is -0.204. The van der Waals surface area contributed by atoms with E-state index in [0.717, 1.165) is 13.0 Å². The fourth-order valence-electron chi connectivity index (χ4n) is 2.36. The number of hydrogen-bond donors (Lipinski definition) is 1. The largest absolute Gasteiger partial charge is 0.373 e. The molecule has 0 amide bonds. The predicted molar refractivity (Wildman–Crippen MR) is 55.9 cm³/mol. The van der Waals surface area contributed by atoms with Crippen LogP contribution in [-0.2, 0) is 9.47 Å². The second-order valence-corrected chi connectivity index (χ2v) is 5.76. The van der Waals surface area contributed by atoms with Crippen LogP contribution in [0.5, 0.6) is 0 Å². The third kappa shape index (κ3) is 2.04. The van der Waals surface area contributed by atoms with E-state index >= 15 is 0 Å². The summed E-state index contributed by atoms with van der Waals surface area (Å²) < 4.78 is 10.9. The molecule has 2 fully saturated rings. The van der Waals surface area contributed by atoms with Crippen molar-refractivity contribution in [3.05, 3.63) is 0 Å². The highest BCUT2D eigenvalue weighted by atomic mass is 16.6. The van der Waals surface area contributed by atoms with Crippen molar-refractivity contribution in [3.8, 4) is 0 Å². The molecule has 88 valence electrons. The van der Waals surface area contributed by atoms with Crippen LogP contribution < -0.4 is 0 Å². The quantitative estimate of drug-likeness (QED) is 0.723. The molecule has 0 aromatic carbocycles. The first-order chi connectivity index (χ1) is 6.84. The van der Waals surface area contributed by atoms with Crippen LogP contribution in [0.15, 0.2) is 0 Å². The van der Waals surface area contributed by atoms with E-state index in [4.69, 9.17) is 9.47 Å². The molecule has 2 unspecified atom stereocenters. The van der Waals surface area contributed by atoms with Gasteiger partial charge in [-0.3, -0.25) is 0 Å². The second kappa shape index (κ2) is 3.42. The van der Waals surface area contributed by atoms with Crippen molar-refractivity contribution in [1.29, 1.82) is 0 Å². The maximum atomic E-state index is 10.1. The summed E-state index contributed by atoms with van der Waals surface area (Å²) in [4.78, 5) is 0. The molecule has 2 rings (SSSR count). The molecule has 4 heteroatoms. The summed E-state index contributed by atoms with van der Waals surface area (Å²) in [5, 5.41) is 11.5. The minimum atomic E-state index is -0.321. The summed E-state index contributed by atoms with van der Waals surface area (Å²) >= 11 is 0. The van der Waals surface area contributed by atoms with Crippen LogP contribution in [0.4, 0.5) is 0 Å². The molecule has 0 bridgehead atoms. The zero-order valence-corrected chi connectivity index (χ0v) is 9.99. The van der Waals surface area contributed by atoms with Gasteiger partial charge >= 0.3 is 0 Å². The Balaban J connectivity index is 1.98. The molecular formula is C11H21NO3. The summed E-state index contributed by atoms with van der Waals surface area (Å²) in [5.74, 6) is 0. The highest BCUT2D eigenvalue weighted by Gasteiger charge is 2.52. The van der Waals surface area contributed by atoms with Gasteiger partial charge in [0.1, 0.15) is 6.10 Å². The average molecular weight is 215 g/mol. The van der Waals surface area contributed by atoms with E-state index in [1.54, 1.807) is 0 Å². The number of rotatable bonds is 3. The van der Waals surface area contributed by atoms with Crippen molar-refractivity contribution in [3.63, 3.8) is 0 Å². The van der Waals surface area contributed by atoms with Gasteiger partial charge in [-0.2, -0.15) is 5.06 Å². The van der Waals surface area contributed by atoms with Gasteiger partial charge in [-0.15, -0.1) is 0 Å². The number of ether oxygens (including phenoxy) is 2. The number of nitrogens with zero attached hydrogens (tertiary/aromatic N) is 1. The molecule has 4 nitrogen and oxygen atoms in total. The molecule has 0 saturated carbocycles. The molecule has 2 heterocycles. The van der Waals surface area contributed by atoms with Gasteiger partial charge in [0.2, 0.25) is 0 Å². The Bertz CT molecular complexity index is 248. The average Bonchev–Trinajstić information content (AvgIpc) is 2.91. The van der Waals surface area contributed by atoms with Crippen molar-refractivity contribution >= 4 is 0 Å². The summed E-state index contributed by atoms with van der Waals surface area (Å²) in [7, 11) is 0. The fraction of sp³-hybridized carbons (Fsp3) is 1.00. The summed E-state index contributed by atoms with van der Waals surface area (Å²) in [6, 6.07) is 0. The molecule has 1 N–H and O–H groups in total. The van der Waals surface area contributed by atoms with E-state index in [-0.39, 0.29) is 23.3 Å². The Kier molecular flexibility index (Phi) is 2.58. The third-order valence-electron chi connectivity index (χ3n) is 3.48. The lowest BCUT2D eigenvalue weighted by Crippen LogP contribution is -2.49. The van der Waals surface area contributed by atoms with E-state index in [1.165, 1.54) is 5.06 Å². The molecule has 0 aromatic heterocycles. The Morgan fingerprint density at radius 2 is 2.00 bits per heavy atom. The van der Waals surface area contributed by atoms with Crippen molar-refractivity contribution < 1.29 is 14.7 Å². The van der Waals surface area contributed by atoms with Gasteiger partial charge in [0.05, 0.1) is 24.9 Å². The van der Waals surface area contributed by atoms with E-state index in [0.29, 0.717) is 6.61 Å². The molecule has 0 radical (unpaired) electrons. The molecule has 0 aliphatic carbocycles. The van der Waals surface area contributed by atoms with Gasteiger partial charge in [-0.25, -0.2) is 0 Å². The molecule has 2 saturated heterocycles. The van der Waals surface area contributed by atoms with E-state index < -0.39 is 0 Å². The standard InChI is InChI=1S/C11H21NO3/c1-10(2)5-9(11(3,4)12(10)13)15-7-8-6-14-8/h8-9,13H,5-7H2,1-4H3. The summed E-state index contributed by atoms with van der Waals surface area (Å²) in [5.41, 5.74) is -0.531. The minimum Gasteiger partial charge on any atom is -0.373 e. The fourth-order valence-corrected chi connectivity index (χ4v) is 2.36. The van der Waals surface area contributed by atoms with E-state index in [2.05, 4.69) is 0 Å². The van der Waals surface area contributed by atoms with Crippen molar-refractivity contribution in [2.75, 3.05) is 13.2 Å². The first kappa shape index (κ1) is 11.3. The highest BCUT2D eigenvalue weighted by Crippen LogP contribution is 2.40. The SMILES string of the molecule is CC1(C)CC(OCC2CO2)C(C)(C)N1O. The number of epoxide rings is 1. The zero-order chi connectivity index (χ0) is 11.3. The van der Waals surface area contributed by atoms with Crippen LogP contribution in [0.1, 0.15) is 34.1 Å². The Morgan fingerprint density at radius 3 is 2.40 bits per heavy atom. The molecule has 2 atom stereocenters. The van der Waals surface area contributed by atoms with Gasteiger partial charge in [0, 0.05) is 5.54 Å². The van der Waals surface area contributed by atoms with Gasteiger partial charge in [-0.1, -0.05) is 0 Å². The van der Waals surface area contributed by atoms with Crippen LogP contribution in [0.3, 0.4) is 0 Å². The molecule has 0 spiro atoms. The maximum Gasteiger partial charge on any atom is 0.104 e. The van der Waals surface area contributed by atoms with Crippen LogP contribution >= 0.6 is 0 Å². The van der Waals surface area contributed by atoms with Gasteiger partial charge in [0.25, 0.3) is 0 Å². The minimum absolute atomic E-state index is 0.0710. The lowest BCUT2D eigenvalue weighted by atomic mass is 9.97. The zero-order valence-electron chi connectivity index (χ0n) is 9.99. The molecular weight excluding hydrogens is 194 g/mol.